The average molecular weight is 356 g/mol. The molecule has 0 saturated heterocycles. The number of azo groups is 1. The second kappa shape index (κ2) is 8.47. The molecule has 0 aliphatic rings. The standard InChI is InChI=1S/C17H16N4O5/c1-11-10-13(4-7-15(11)18-16(22)8-9-17(23)24)20-19-12-2-5-14(6-3-12)21(25)26/h2-7,10H,8-9H2,1H3,(H,18,22)(H,23,24). The van der Waals surface area contributed by atoms with E-state index in [-0.39, 0.29) is 24.4 Å². The molecule has 2 rings (SSSR count). The molecular formula is C17H16N4O5. The molecule has 0 bridgehead atoms. The zero-order valence-corrected chi connectivity index (χ0v) is 13.9. The number of carbonyl (C=O) groups excluding carboxylic acids is 1. The lowest BCUT2D eigenvalue weighted by molar-refractivity contribution is -0.384. The van der Waals surface area contributed by atoms with Crippen molar-refractivity contribution in [3.05, 3.63) is 58.1 Å². The molecule has 9 heteroatoms. The Balaban J connectivity index is 2.03. The topological polar surface area (TPSA) is 134 Å². The Kier molecular flexibility index (Phi) is 6.10. The first-order valence-corrected chi connectivity index (χ1v) is 7.63. The number of nitro groups is 1. The van der Waals surface area contributed by atoms with Crippen LogP contribution in [0.5, 0.6) is 0 Å². The molecule has 0 aromatic heterocycles. The molecule has 1 amide bonds. The number of nitrogens with zero attached hydrogens (tertiary/aromatic N) is 3. The summed E-state index contributed by atoms with van der Waals surface area (Å²) >= 11 is 0. The Morgan fingerprint density at radius 1 is 1.08 bits per heavy atom. The summed E-state index contributed by atoms with van der Waals surface area (Å²) in [6.07, 6.45) is -0.331. The smallest absolute Gasteiger partial charge is 0.303 e. The molecule has 0 fully saturated rings. The maximum atomic E-state index is 11.7. The van der Waals surface area contributed by atoms with Gasteiger partial charge in [-0.1, -0.05) is 0 Å². The summed E-state index contributed by atoms with van der Waals surface area (Å²) in [5.41, 5.74) is 2.30. The number of amides is 1. The Bertz CT molecular complexity index is 862. The summed E-state index contributed by atoms with van der Waals surface area (Å²) in [6, 6.07) is 10.7. The summed E-state index contributed by atoms with van der Waals surface area (Å²) in [5, 5.41) is 29.9. The number of nitrogens with one attached hydrogen (secondary N) is 1. The molecule has 2 aromatic rings. The highest BCUT2D eigenvalue weighted by Gasteiger charge is 2.08. The molecule has 9 nitrogen and oxygen atoms in total. The first-order chi connectivity index (χ1) is 12.3. The minimum absolute atomic E-state index is 0.0252. The van der Waals surface area contributed by atoms with E-state index in [4.69, 9.17) is 5.11 Å². The fourth-order valence-electron chi connectivity index (χ4n) is 2.04. The fraction of sp³-hybridized carbons (Fsp3) is 0.176. The maximum absolute atomic E-state index is 11.7. The van der Waals surface area contributed by atoms with Crippen molar-refractivity contribution < 1.29 is 19.6 Å². The van der Waals surface area contributed by atoms with Crippen molar-refractivity contribution in [2.24, 2.45) is 10.2 Å². The lowest BCUT2D eigenvalue weighted by Gasteiger charge is -2.08. The second-order valence-corrected chi connectivity index (χ2v) is 5.41. The van der Waals surface area contributed by atoms with E-state index in [1.165, 1.54) is 24.3 Å². The largest absolute Gasteiger partial charge is 0.481 e. The van der Waals surface area contributed by atoms with Gasteiger partial charge in [0.15, 0.2) is 0 Å². The highest BCUT2D eigenvalue weighted by atomic mass is 16.6. The predicted molar refractivity (Wildman–Crippen MR) is 94.0 cm³/mol. The first-order valence-electron chi connectivity index (χ1n) is 7.63. The van der Waals surface area contributed by atoms with E-state index in [0.29, 0.717) is 17.1 Å². The molecule has 26 heavy (non-hydrogen) atoms. The molecule has 0 saturated carbocycles. The van der Waals surface area contributed by atoms with Crippen LogP contribution in [0.1, 0.15) is 18.4 Å². The average Bonchev–Trinajstić information content (AvgIpc) is 2.60. The van der Waals surface area contributed by atoms with E-state index in [0.717, 1.165) is 5.56 Å². The normalized spacial score (nSPS) is 10.7. The predicted octanol–water partition coefficient (Wildman–Crippen LogP) is 4.12. The molecule has 0 unspecified atom stereocenters. The third-order valence-electron chi connectivity index (χ3n) is 3.39. The third-order valence-corrected chi connectivity index (χ3v) is 3.39. The molecule has 0 spiro atoms. The van der Waals surface area contributed by atoms with Gasteiger partial charge in [-0.25, -0.2) is 0 Å². The van der Waals surface area contributed by atoms with Gasteiger partial charge in [-0.2, -0.15) is 10.2 Å². The van der Waals surface area contributed by atoms with Crippen molar-refractivity contribution in [1.82, 2.24) is 0 Å². The van der Waals surface area contributed by atoms with Crippen LogP contribution < -0.4 is 5.32 Å². The van der Waals surface area contributed by atoms with Crippen LogP contribution in [0, 0.1) is 17.0 Å². The number of non-ortho nitro benzene ring substituents is 1. The molecular weight excluding hydrogens is 340 g/mol. The van der Waals surface area contributed by atoms with Gasteiger partial charge >= 0.3 is 5.97 Å². The van der Waals surface area contributed by atoms with E-state index in [9.17, 15) is 19.7 Å². The lowest BCUT2D eigenvalue weighted by atomic mass is 10.1. The molecule has 134 valence electrons. The number of aryl methyl sites for hydroxylation is 1. The van der Waals surface area contributed by atoms with Crippen LogP contribution in [0.25, 0.3) is 0 Å². The van der Waals surface area contributed by atoms with Gasteiger partial charge in [0.2, 0.25) is 5.91 Å². The van der Waals surface area contributed by atoms with E-state index >= 15 is 0 Å². The number of hydrogen-bond acceptors (Lipinski definition) is 6. The fourth-order valence-corrected chi connectivity index (χ4v) is 2.04. The Labute approximate surface area is 148 Å². The third kappa shape index (κ3) is 5.48. The molecule has 2 N–H and O–H groups in total. The van der Waals surface area contributed by atoms with E-state index in [1.54, 1.807) is 25.1 Å². The van der Waals surface area contributed by atoms with E-state index < -0.39 is 10.9 Å². The zero-order valence-electron chi connectivity index (χ0n) is 13.9. The number of benzene rings is 2. The minimum Gasteiger partial charge on any atom is -0.481 e. The SMILES string of the molecule is Cc1cc(N=Nc2ccc([N+](=O)[O-])cc2)ccc1NC(=O)CCC(=O)O. The molecule has 0 radical (unpaired) electrons. The number of carbonyl (C=O) groups is 2. The van der Waals surface area contributed by atoms with Crippen LogP contribution in [0.2, 0.25) is 0 Å². The number of anilines is 1. The maximum Gasteiger partial charge on any atom is 0.303 e. The number of carboxylic acid groups (broad SMARTS) is 1. The van der Waals surface area contributed by atoms with Crippen LogP contribution in [0.4, 0.5) is 22.7 Å². The van der Waals surface area contributed by atoms with Crippen molar-refractivity contribution in [2.45, 2.75) is 19.8 Å². The number of rotatable bonds is 7. The van der Waals surface area contributed by atoms with Crippen LogP contribution in [-0.4, -0.2) is 21.9 Å². The van der Waals surface area contributed by atoms with E-state index in [1.807, 2.05) is 0 Å². The van der Waals surface area contributed by atoms with Gasteiger partial charge in [-0.3, -0.25) is 19.7 Å². The van der Waals surface area contributed by atoms with Gasteiger partial charge < -0.3 is 10.4 Å². The van der Waals surface area contributed by atoms with Gasteiger partial charge in [0.1, 0.15) is 0 Å². The summed E-state index contributed by atoms with van der Waals surface area (Å²) in [6.45, 7) is 1.78. The van der Waals surface area contributed by atoms with Crippen molar-refractivity contribution in [3.63, 3.8) is 0 Å². The van der Waals surface area contributed by atoms with Crippen molar-refractivity contribution >= 4 is 34.6 Å². The number of hydrogen-bond donors (Lipinski definition) is 2. The lowest BCUT2D eigenvalue weighted by Crippen LogP contribution is -2.13. The second-order valence-electron chi connectivity index (χ2n) is 5.41. The van der Waals surface area contributed by atoms with Gasteiger partial charge in [0.05, 0.1) is 22.7 Å². The quantitative estimate of drug-likeness (QED) is 0.437. The molecule has 2 aromatic carbocycles. The molecule has 0 atom stereocenters. The summed E-state index contributed by atoms with van der Waals surface area (Å²) in [7, 11) is 0. The summed E-state index contributed by atoms with van der Waals surface area (Å²) < 4.78 is 0. The highest BCUT2D eigenvalue weighted by Crippen LogP contribution is 2.25. The molecule has 0 heterocycles. The van der Waals surface area contributed by atoms with Crippen LogP contribution in [-0.2, 0) is 9.59 Å². The van der Waals surface area contributed by atoms with E-state index in [2.05, 4.69) is 15.5 Å². The summed E-state index contributed by atoms with van der Waals surface area (Å²) in [4.78, 5) is 32.3. The number of carboxylic acids is 1. The minimum atomic E-state index is -1.03. The monoisotopic (exact) mass is 356 g/mol. The summed E-state index contributed by atoms with van der Waals surface area (Å²) in [5.74, 6) is -1.41. The van der Waals surface area contributed by atoms with Gasteiger partial charge in [-0.15, -0.1) is 0 Å². The van der Waals surface area contributed by atoms with Gasteiger partial charge in [-0.05, 0) is 42.8 Å². The van der Waals surface area contributed by atoms with Crippen molar-refractivity contribution in [3.8, 4) is 0 Å². The number of nitro benzene ring substituents is 1. The molecule has 0 aliphatic heterocycles. The Morgan fingerprint density at radius 3 is 2.27 bits per heavy atom. The van der Waals surface area contributed by atoms with Crippen LogP contribution >= 0.6 is 0 Å². The van der Waals surface area contributed by atoms with Crippen molar-refractivity contribution in [1.29, 1.82) is 0 Å². The van der Waals surface area contributed by atoms with Crippen molar-refractivity contribution in [2.75, 3.05) is 5.32 Å². The Hall–Kier alpha value is -3.62. The van der Waals surface area contributed by atoms with Crippen LogP contribution in [0.3, 0.4) is 0 Å². The first kappa shape index (κ1) is 18.7. The highest BCUT2D eigenvalue weighted by molar-refractivity contribution is 5.93. The Morgan fingerprint density at radius 2 is 1.69 bits per heavy atom. The zero-order chi connectivity index (χ0) is 19.1. The molecule has 0 aliphatic carbocycles. The van der Waals surface area contributed by atoms with Crippen LogP contribution in [0.15, 0.2) is 52.7 Å². The number of aliphatic carboxylic acids is 1. The van der Waals surface area contributed by atoms with Gasteiger partial charge in [0, 0.05) is 24.2 Å². The van der Waals surface area contributed by atoms with Gasteiger partial charge in [0.25, 0.3) is 5.69 Å².